The number of hydrogen-bond acceptors (Lipinski definition) is 6. The first-order chi connectivity index (χ1) is 9.60. The van der Waals surface area contributed by atoms with E-state index in [2.05, 4.69) is 17.1 Å². The Morgan fingerprint density at radius 2 is 2.25 bits per heavy atom. The highest BCUT2D eigenvalue weighted by Crippen LogP contribution is 2.08. The monoisotopic (exact) mass is 278 g/mol. The van der Waals surface area contributed by atoms with Crippen molar-refractivity contribution in [3.63, 3.8) is 0 Å². The lowest BCUT2D eigenvalue weighted by atomic mass is 10.2. The summed E-state index contributed by atoms with van der Waals surface area (Å²) in [6.07, 6.45) is 3.82. The van der Waals surface area contributed by atoms with Crippen LogP contribution in [0.5, 0.6) is 0 Å². The zero-order valence-corrected chi connectivity index (χ0v) is 11.0. The average molecular weight is 278 g/mol. The second-order valence-electron chi connectivity index (χ2n) is 4.32. The van der Waals surface area contributed by atoms with E-state index in [0.29, 0.717) is 18.1 Å². The van der Waals surface area contributed by atoms with E-state index in [1.807, 2.05) is 0 Å². The predicted molar refractivity (Wildman–Crippen MR) is 69.4 cm³/mol. The fourth-order valence-corrected chi connectivity index (χ4v) is 1.69. The third-order valence-electron chi connectivity index (χ3n) is 2.74. The molecule has 0 unspecified atom stereocenters. The van der Waals surface area contributed by atoms with Crippen molar-refractivity contribution in [3.05, 3.63) is 50.5 Å². The summed E-state index contributed by atoms with van der Waals surface area (Å²) in [6.45, 7) is 2.11. The van der Waals surface area contributed by atoms with Gasteiger partial charge in [-0.2, -0.15) is 4.98 Å². The third kappa shape index (κ3) is 3.28. The minimum absolute atomic E-state index is 0.0517. The SMILES string of the molecule is CCCCc1nc(Cn2cc([N+](=O)[O-])ccc2=O)no1. The minimum atomic E-state index is -0.557. The van der Waals surface area contributed by atoms with Gasteiger partial charge in [0.1, 0.15) is 0 Å². The van der Waals surface area contributed by atoms with Gasteiger partial charge in [-0.05, 0) is 6.42 Å². The first-order valence-electron chi connectivity index (χ1n) is 6.26. The Kier molecular flexibility index (Phi) is 4.24. The van der Waals surface area contributed by atoms with Gasteiger partial charge in [-0.1, -0.05) is 18.5 Å². The average Bonchev–Trinajstić information content (AvgIpc) is 2.86. The molecule has 0 amide bonds. The van der Waals surface area contributed by atoms with E-state index in [9.17, 15) is 14.9 Å². The van der Waals surface area contributed by atoms with Crippen molar-refractivity contribution in [1.82, 2.24) is 14.7 Å². The van der Waals surface area contributed by atoms with E-state index in [-0.39, 0.29) is 17.8 Å². The lowest BCUT2D eigenvalue weighted by Crippen LogP contribution is -2.20. The lowest BCUT2D eigenvalue weighted by molar-refractivity contribution is -0.385. The minimum Gasteiger partial charge on any atom is -0.339 e. The molecule has 0 fully saturated rings. The van der Waals surface area contributed by atoms with Crippen LogP contribution in [-0.4, -0.2) is 19.6 Å². The molecule has 2 heterocycles. The van der Waals surface area contributed by atoms with Gasteiger partial charge in [-0.25, -0.2) is 0 Å². The molecule has 2 aromatic rings. The zero-order chi connectivity index (χ0) is 14.5. The van der Waals surface area contributed by atoms with Gasteiger partial charge < -0.3 is 9.09 Å². The Morgan fingerprint density at radius 1 is 1.45 bits per heavy atom. The number of rotatable bonds is 6. The van der Waals surface area contributed by atoms with Gasteiger partial charge in [0.05, 0.1) is 17.7 Å². The second kappa shape index (κ2) is 6.09. The van der Waals surface area contributed by atoms with Crippen LogP contribution in [-0.2, 0) is 13.0 Å². The van der Waals surface area contributed by atoms with E-state index in [1.165, 1.54) is 16.8 Å². The van der Waals surface area contributed by atoms with Gasteiger partial charge in [-0.3, -0.25) is 14.9 Å². The molecular weight excluding hydrogens is 264 g/mol. The molecule has 2 rings (SSSR count). The number of pyridine rings is 1. The molecule has 0 N–H and O–H groups in total. The maximum Gasteiger partial charge on any atom is 0.285 e. The van der Waals surface area contributed by atoms with Gasteiger partial charge in [0.15, 0.2) is 5.82 Å². The maximum absolute atomic E-state index is 11.6. The van der Waals surface area contributed by atoms with Gasteiger partial charge in [0.2, 0.25) is 5.89 Å². The highest BCUT2D eigenvalue weighted by Gasteiger charge is 2.11. The summed E-state index contributed by atoms with van der Waals surface area (Å²) in [5, 5.41) is 14.4. The van der Waals surface area contributed by atoms with Crippen LogP contribution in [0.3, 0.4) is 0 Å². The highest BCUT2D eigenvalue weighted by molar-refractivity contribution is 5.25. The van der Waals surface area contributed by atoms with E-state index in [4.69, 9.17) is 4.52 Å². The number of unbranched alkanes of at least 4 members (excludes halogenated alkanes) is 1. The molecule has 2 aromatic heterocycles. The van der Waals surface area contributed by atoms with E-state index >= 15 is 0 Å². The number of nitro groups is 1. The van der Waals surface area contributed by atoms with E-state index < -0.39 is 4.92 Å². The van der Waals surface area contributed by atoms with Crippen molar-refractivity contribution in [2.24, 2.45) is 0 Å². The molecule has 0 aliphatic carbocycles. The molecule has 0 aromatic carbocycles. The normalized spacial score (nSPS) is 10.7. The van der Waals surface area contributed by atoms with Crippen LogP contribution in [0.15, 0.2) is 27.6 Å². The van der Waals surface area contributed by atoms with Crippen LogP contribution in [0.25, 0.3) is 0 Å². The standard InChI is InChI=1S/C12H14N4O4/c1-2-3-4-11-13-10(14-20-11)8-15-7-9(16(18)19)5-6-12(15)17/h5-7H,2-4,8H2,1H3. The van der Waals surface area contributed by atoms with Gasteiger partial charge >= 0.3 is 0 Å². The fourth-order valence-electron chi connectivity index (χ4n) is 1.69. The van der Waals surface area contributed by atoms with E-state index in [1.54, 1.807) is 0 Å². The van der Waals surface area contributed by atoms with Gasteiger partial charge in [-0.15, -0.1) is 0 Å². The van der Waals surface area contributed by atoms with Gasteiger partial charge in [0.25, 0.3) is 11.2 Å². The summed E-state index contributed by atoms with van der Waals surface area (Å²) in [6, 6.07) is 2.32. The summed E-state index contributed by atoms with van der Waals surface area (Å²) in [5.74, 6) is 0.846. The van der Waals surface area contributed by atoms with Crippen LogP contribution in [0.4, 0.5) is 5.69 Å². The van der Waals surface area contributed by atoms with Crippen LogP contribution < -0.4 is 5.56 Å². The van der Waals surface area contributed by atoms with Crippen molar-refractivity contribution in [2.75, 3.05) is 0 Å². The summed E-state index contributed by atoms with van der Waals surface area (Å²) in [4.78, 5) is 25.9. The van der Waals surface area contributed by atoms with Crippen molar-refractivity contribution >= 4 is 5.69 Å². The Bertz CT molecular complexity index is 661. The predicted octanol–water partition coefficient (Wildman–Crippen LogP) is 1.53. The molecule has 0 spiro atoms. The molecule has 0 radical (unpaired) electrons. The largest absolute Gasteiger partial charge is 0.339 e. The zero-order valence-electron chi connectivity index (χ0n) is 11.0. The van der Waals surface area contributed by atoms with Crippen LogP contribution >= 0.6 is 0 Å². The summed E-state index contributed by atoms with van der Waals surface area (Å²) < 4.78 is 6.23. The smallest absolute Gasteiger partial charge is 0.285 e. The molecule has 0 bridgehead atoms. The summed E-state index contributed by atoms with van der Waals surface area (Å²) in [5.41, 5.74) is -0.505. The lowest BCUT2D eigenvalue weighted by Gasteiger charge is -2.00. The van der Waals surface area contributed by atoms with Crippen LogP contribution in [0, 0.1) is 10.1 Å². The van der Waals surface area contributed by atoms with Crippen molar-refractivity contribution < 1.29 is 9.45 Å². The third-order valence-corrected chi connectivity index (χ3v) is 2.74. The van der Waals surface area contributed by atoms with Crippen LogP contribution in [0.2, 0.25) is 0 Å². The van der Waals surface area contributed by atoms with Crippen molar-refractivity contribution in [2.45, 2.75) is 32.7 Å². The summed E-state index contributed by atoms with van der Waals surface area (Å²) in [7, 11) is 0. The topological polar surface area (TPSA) is 104 Å². The molecule has 106 valence electrons. The number of hydrogen-bond donors (Lipinski definition) is 0. The molecule has 20 heavy (non-hydrogen) atoms. The Morgan fingerprint density at radius 3 is 2.95 bits per heavy atom. The summed E-state index contributed by atoms with van der Waals surface area (Å²) >= 11 is 0. The quantitative estimate of drug-likeness (QED) is 0.586. The Hall–Kier alpha value is -2.51. The fraction of sp³-hybridized carbons (Fsp3) is 0.417. The number of aromatic nitrogens is 3. The molecule has 0 saturated carbocycles. The molecule has 0 saturated heterocycles. The van der Waals surface area contributed by atoms with Gasteiger partial charge in [0, 0.05) is 18.6 Å². The first kappa shape index (κ1) is 13.9. The molecule has 0 aliphatic rings. The number of nitrogens with zero attached hydrogens (tertiary/aromatic N) is 4. The molecular formula is C12H14N4O4. The molecule has 0 atom stereocenters. The van der Waals surface area contributed by atoms with Crippen molar-refractivity contribution in [3.8, 4) is 0 Å². The Balaban J connectivity index is 2.17. The molecule has 8 nitrogen and oxygen atoms in total. The highest BCUT2D eigenvalue weighted by atomic mass is 16.6. The molecule has 8 heteroatoms. The Labute approximate surface area is 114 Å². The number of aryl methyl sites for hydroxylation is 1. The van der Waals surface area contributed by atoms with Crippen molar-refractivity contribution in [1.29, 1.82) is 0 Å². The second-order valence-corrected chi connectivity index (χ2v) is 4.32. The van der Waals surface area contributed by atoms with Crippen LogP contribution in [0.1, 0.15) is 31.5 Å². The van der Waals surface area contributed by atoms with E-state index in [0.717, 1.165) is 18.9 Å². The maximum atomic E-state index is 11.6. The first-order valence-corrected chi connectivity index (χ1v) is 6.26. The molecule has 0 aliphatic heterocycles.